The van der Waals surface area contributed by atoms with Crippen molar-refractivity contribution < 1.29 is 4.79 Å². The molecular weight excluding hydrogens is 176 g/mol. The lowest BCUT2D eigenvalue weighted by Gasteiger charge is -2.02. The number of carbonyl (C=O) groups is 1. The molecule has 3 nitrogen and oxygen atoms in total. The van der Waals surface area contributed by atoms with Crippen LogP contribution in [0.2, 0.25) is 0 Å². The molecule has 0 aliphatic carbocycles. The molecule has 14 heavy (non-hydrogen) atoms. The highest BCUT2D eigenvalue weighted by Gasteiger charge is 2.03. The molecule has 0 saturated carbocycles. The molecule has 0 aliphatic rings. The maximum Gasteiger partial charge on any atom is 0.261 e. The Morgan fingerprint density at radius 2 is 2.07 bits per heavy atom. The van der Waals surface area contributed by atoms with Crippen LogP contribution in [0, 0.1) is 11.3 Å². The summed E-state index contributed by atoms with van der Waals surface area (Å²) in [6, 6.07) is 11.2. The maximum absolute atomic E-state index is 11.1. The second-order valence-electron chi connectivity index (χ2n) is 2.76. The van der Waals surface area contributed by atoms with Crippen LogP contribution in [0.4, 0.5) is 0 Å². The van der Waals surface area contributed by atoms with Crippen LogP contribution in [0.5, 0.6) is 0 Å². The van der Waals surface area contributed by atoms with Gasteiger partial charge in [0.05, 0.1) is 0 Å². The van der Waals surface area contributed by atoms with Crippen molar-refractivity contribution in [3.63, 3.8) is 0 Å². The number of nitriles is 1. The molecule has 0 fully saturated rings. The van der Waals surface area contributed by atoms with Gasteiger partial charge < -0.3 is 5.32 Å². The fourth-order valence-corrected chi connectivity index (χ4v) is 0.936. The number of nitrogens with one attached hydrogen (secondary N) is 1. The summed E-state index contributed by atoms with van der Waals surface area (Å²) in [6.07, 6.45) is 0. The Morgan fingerprint density at radius 3 is 2.64 bits per heavy atom. The molecule has 0 spiro atoms. The second-order valence-corrected chi connectivity index (χ2v) is 2.76. The summed E-state index contributed by atoms with van der Waals surface area (Å²) in [7, 11) is 0. The zero-order chi connectivity index (χ0) is 10.4. The van der Waals surface area contributed by atoms with Crippen molar-refractivity contribution in [1.29, 1.82) is 5.26 Å². The number of amides is 1. The van der Waals surface area contributed by atoms with E-state index in [-0.39, 0.29) is 5.57 Å². The van der Waals surface area contributed by atoms with E-state index in [1.165, 1.54) is 0 Å². The van der Waals surface area contributed by atoms with Crippen LogP contribution < -0.4 is 5.32 Å². The van der Waals surface area contributed by atoms with Crippen LogP contribution in [-0.4, -0.2) is 5.91 Å². The molecule has 3 heteroatoms. The molecule has 1 rings (SSSR count). The molecule has 1 aromatic carbocycles. The molecule has 0 aliphatic heterocycles. The van der Waals surface area contributed by atoms with Gasteiger partial charge >= 0.3 is 0 Å². The van der Waals surface area contributed by atoms with E-state index in [0.29, 0.717) is 6.54 Å². The first-order valence-electron chi connectivity index (χ1n) is 4.15. The van der Waals surface area contributed by atoms with Crippen LogP contribution in [0.25, 0.3) is 0 Å². The quantitative estimate of drug-likeness (QED) is 0.572. The fourth-order valence-electron chi connectivity index (χ4n) is 0.936. The molecule has 0 heterocycles. The standard InChI is InChI=1S/C11H10N2O/c1-9(7-12)11(14)13-8-10-5-3-2-4-6-10/h2-6H,1,8H2,(H,13,14). The molecular formula is C11H10N2O. The van der Waals surface area contributed by atoms with Gasteiger partial charge in [0.2, 0.25) is 0 Å². The fraction of sp³-hybridized carbons (Fsp3) is 0.0909. The van der Waals surface area contributed by atoms with Gasteiger partial charge in [0.15, 0.2) is 0 Å². The van der Waals surface area contributed by atoms with Crippen LogP contribution in [-0.2, 0) is 11.3 Å². The lowest BCUT2D eigenvalue weighted by molar-refractivity contribution is -0.117. The van der Waals surface area contributed by atoms with Crippen LogP contribution in [0.1, 0.15) is 5.56 Å². The molecule has 0 aromatic heterocycles. The first-order valence-corrected chi connectivity index (χ1v) is 4.15. The highest BCUT2D eigenvalue weighted by Crippen LogP contribution is 1.97. The van der Waals surface area contributed by atoms with E-state index in [2.05, 4.69) is 11.9 Å². The summed E-state index contributed by atoms with van der Waals surface area (Å²) < 4.78 is 0. The minimum atomic E-state index is -0.420. The third-order valence-electron chi connectivity index (χ3n) is 1.70. The van der Waals surface area contributed by atoms with Gasteiger partial charge in [-0.3, -0.25) is 4.79 Å². The summed E-state index contributed by atoms with van der Waals surface area (Å²) in [5.41, 5.74) is 0.924. The zero-order valence-electron chi connectivity index (χ0n) is 7.66. The Balaban J connectivity index is 2.47. The van der Waals surface area contributed by atoms with Gasteiger partial charge in [-0.2, -0.15) is 5.26 Å². The van der Waals surface area contributed by atoms with Crippen molar-refractivity contribution in [2.75, 3.05) is 0 Å². The predicted molar refractivity (Wildman–Crippen MR) is 53.0 cm³/mol. The normalized spacial score (nSPS) is 8.79. The first kappa shape index (κ1) is 10.0. The van der Waals surface area contributed by atoms with Gasteiger partial charge in [-0.25, -0.2) is 0 Å². The van der Waals surface area contributed by atoms with Crippen molar-refractivity contribution in [1.82, 2.24) is 5.32 Å². The van der Waals surface area contributed by atoms with Crippen molar-refractivity contribution in [2.45, 2.75) is 6.54 Å². The van der Waals surface area contributed by atoms with Crippen LogP contribution in [0.3, 0.4) is 0 Å². The minimum Gasteiger partial charge on any atom is -0.347 e. The Morgan fingerprint density at radius 1 is 1.43 bits per heavy atom. The molecule has 1 amide bonds. The number of hydrogen-bond donors (Lipinski definition) is 1. The van der Waals surface area contributed by atoms with E-state index in [9.17, 15) is 4.79 Å². The molecule has 0 atom stereocenters. The third kappa shape index (κ3) is 2.76. The van der Waals surface area contributed by atoms with Gasteiger partial charge in [0.25, 0.3) is 5.91 Å². The number of nitrogens with zero attached hydrogens (tertiary/aromatic N) is 1. The molecule has 0 unspecified atom stereocenters. The number of rotatable bonds is 3. The van der Waals surface area contributed by atoms with E-state index in [1.807, 2.05) is 30.3 Å². The van der Waals surface area contributed by atoms with Crippen molar-refractivity contribution in [2.24, 2.45) is 0 Å². The van der Waals surface area contributed by atoms with E-state index < -0.39 is 5.91 Å². The summed E-state index contributed by atoms with van der Waals surface area (Å²) in [5.74, 6) is -0.420. The van der Waals surface area contributed by atoms with Crippen LogP contribution in [0.15, 0.2) is 42.5 Å². The second kappa shape index (κ2) is 4.83. The summed E-state index contributed by atoms with van der Waals surface area (Å²) in [6.45, 7) is 3.73. The number of benzene rings is 1. The molecule has 0 radical (unpaired) electrons. The Kier molecular flexibility index (Phi) is 3.45. The molecule has 0 saturated heterocycles. The topological polar surface area (TPSA) is 52.9 Å². The van der Waals surface area contributed by atoms with Gasteiger partial charge in [-0.15, -0.1) is 0 Å². The number of carbonyl (C=O) groups excluding carboxylic acids is 1. The number of hydrogen-bond acceptors (Lipinski definition) is 2. The highest BCUT2D eigenvalue weighted by atomic mass is 16.1. The van der Waals surface area contributed by atoms with Gasteiger partial charge in [-0.1, -0.05) is 36.9 Å². The van der Waals surface area contributed by atoms with Crippen molar-refractivity contribution >= 4 is 5.91 Å². The monoisotopic (exact) mass is 186 g/mol. The average molecular weight is 186 g/mol. The summed E-state index contributed by atoms with van der Waals surface area (Å²) in [5, 5.41) is 11.0. The lowest BCUT2D eigenvalue weighted by Crippen LogP contribution is -2.23. The predicted octanol–water partition coefficient (Wildman–Crippen LogP) is 1.38. The van der Waals surface area contributed by atoms with E-state index in [0.717, 1.165) is 5.56 Å². The lowest BCUT2D eigenvalue weighted by atomic mass is 10.2. The third-order valence-corrected chi connectivity index (χ3v) is 1.70. The Labute approximate surface area is 82.7 Å². The average Bonchev–Trinajstić information content (AvgIpc) is 2.26. The van der Waals surface area contributed by atoms with Gasteiger partial charge in [-0.05, 0) is 5.56 Å². The van der Waals surface area contributed by atoms with Crippen molar-refractivity contribution in [3.8, 4) is 6.07 Å². The van der Waals surface area contributed by atoms with E-state index in [4.69, 9.17) is 5.26 Å². The maximum atomic E-state index is 11.1. The van der Waals surface area contributed by atoms with Gasteiger partial charge in [0.1, 0.15) is 11.6 Å². The largest absolute Gasteiger partial charge is 0.347 e. The van der Waals surface area contributed by atoms with E-state index >= 15 is 0 Å². The summed E-state index contributed by atoms with van der Waals surface area (Å²) in [4.78, 5) is 11.1. The zero-order valence-corrected chi connectivity index (χ0v) is 7.66. The Bertz CT molecular complexity index is 376. The smallest absolute Gasteiger partial charge is 0.261 e. The van der Waals surface area contributed by atoms with Crippen LogP contribution >= 0.6 is 0 Å². The van der Waals surface area contributed by atoms with E-state index in [1.54, 1.807) is 6.07 Å². The molecule has 1 aromatic rings. The SMILES string of the molecule is C=C(C#N)C(=O)NCc1ccccc1. The van der Waals surface area contributed by atoms with Gasteiger partial charge in [0, 0.05) is 6.54 Å². The molecule has 0 bridgehead atoms. The summed E-state index contributed by atoms with van der Waals surface area (Å²) >= 11 is 0. The van der Waals surface area contributed by atoms with Crippen molar-refractivity contribution in [3.05, 3.63) is 48.0 Å². The first-order chi connectivity index (χ1) is 6.74. The Hall–Kier alpha value is -2.08. The molecule has 1 N–H and O–H groups in total. The minimum absolute atomic E-state index is 0.0686. The highest BCUT2D eigenvalue weighted by molar-refractivity contribution is 5.96. The molecule has 70 valence electrons.